The Morgan fingerprint density at radius 3 is 2.67 bits per heavy atom. The summed E-state index contributed by atoms with van der Waals surface area (Å²) >= 11 is 3.36. The Hall–Kier alpha value is -1.47. The lowest BCUT2D eigenvalue weighted by Gasteiger charge is -2.35. The average molecular weight is 354 g/mol. The summed E-state index contributed by atoms with van der Waals surface area (Å²) in [7, 11) is 0. The molecule has 0 amide bonds. The minimum atomic E-state index is -0.282. The van der Waals surface area contributed by atoms with E-state index in [-0.39, 0.29) is 5.82 Å². The van der Waals surface area contributed by atoms with Crippen LogP contribution in [0.15, 0.2) is 22.7 Å². The Labute approximate surface area is 131 Å². The van der Waals surface area contributed by atoms with Gasteiger partial charge in [-0.3, -0.25) is 5.10 Å². The van der Waals surface area contributed by atoms with E-state index in [2.05, 4.69) is 55.2 Å². The van der Waals surface area contributed by atoms with Crippen LogP contribution in [0.1, 0.15) is 13.8 Å². The third-order valence-electron chi connectivity index (χ3n) is 3.50. The van der Waals surface area contributed by atoms with E-state index >= 15 is 0 Å². The van der Waals surface area contributed by atoms with Gasteiger partial charge < -0.3 is 10.2 Å². The van der Waals surface area contributed by atoms with Gasteiger partial charge in [0, 0.05) is 35.2 Å². The molecular weight excluding hydrogens is 337 g/mol. The standard InChI is InChI=1S/C14H17BrFN5/c1-8-6-21(7-9(2)17-8)14-18-13(19-20-14)11-4-3-10(16)5-12(11)15/h3-5,8-9,17H,6-7H2,1-2H3,(H,18,19,20). The number of benzene rings is 1. The van der Waals surface area contributed by atoms with Gasteiger partial charge in [0.15, 0.2) is 5.82 Å². The Kier molecular flexibility index (Phi) is 3.95. The lowest BCUT2D eigenvalue weighted by molar-refractivity contribution is 0.403. The van der Waals surface area contributed by atoms with Crippen molar-refractivity contribution in [2.45, 2.75) is 25.9 Å². The largest absolute Gasteiger partial charge is 0.336 e. The van der Waals surface area contributed by atoms with Crippen LogP contribution in [-0.2, 0) is 0 Å². The molecule has 0 saturated carbocycles. The van der Waals surface area contributed by atoms with Crippen molar-refractivity contribution in [3.63, 3.8) is 0 Å². The van der Waals surface area contributed by atoms with Crippen molar-refractivity contribution in [3.05, 3.63) is 28.5 Å². The van der Waals surface area contributed by atoms with Crippen LogP contribution in [0.2, 0.25) is 0 Å². The average Bonchev–Trinajstić information content (AvgIpc) is 2.87. The molecule has 112 valence electrons. The van der Waals surface area contributed by atoms with Crippen molar-refractivity contribution in [2.75, 3.05) is 18.0 Å². The molecule has 2 heterocycles. The predicted octanol–water partition coefficient (Wildman–Crippen LogP) is 2.56. The maximum absolute atomic E-state index is 13.2. The summed E-state index contributed by atoms with van der Waals surface area (Å²) in [5.74, 6) is 1.03. The molecule has 1 aliphatic rings. The maximum atomic E-state index is 13.2. The van der Waals surface area contributed by atoms with Gasteiger partial charge >= 0.3 is 0 Å². The second-order valence-corrected chi connectivity index (χ2v) is 6.34. The number of aromatic nitrogens is 3. The highest BCUT2D eigenvalue weighted by atomic mass is 79.9. The monoisotopic (exact) mass is 353 g/mol. The first-order valence-corrected chi connectivity index (χ1v) is 7.71. The fraction of sp³-hybridized carbons (Fsp3) is 0.429. The zero-order valence-electron chi connectivity index (χ0n) is 11.9. The SMILES string of the molecule is CC1CN(c2n[nH]c(-c3ccc(F)cc3Br)n2)CC(C)N1. The third-order valence-corrected chi connectivity index (χ3v) is 4.16. The second kappa shape index (κ2) is 5.73. The molecule has 5 nitrogen and oxygen atoms in total. The number of anilines is 1. The van der Waals surface area contributed by atoms with Gasteiger partial charge in [-0.15, -0.1) is 5.10 Å². The minimum absolute atomic E-state index is 0.282. The lowest BCUT2D eigenvalue weighted by Crippen LogP contribution is -2.54. The molecule has 2 N–H and O–H groups in total. The molecule has 1 aromatic heterocycles. The number of rotatable bonds is 2. The first kappa shape index (κ1) is 14.5. The quantitative estimate of drug-likeness (QED) is 0.871. The van der Waals surface area contributed by atoms with E-state index in [0.29, 0.717) is 28.3 Å². The molecule has 1 fully saturated rings. The topological polar surface area (TPSA) is 56.8 Å². The summed E-state index contributed by atoms with van der Waals surface area (Å²) in [6.07, 6.45) is 0. The van der Waals surface area contributed by atoms with Crippen LogP contribution in [0.3, 0.4) is 0 Å². The molecule has 1 aliphatic heterocycles. The van der Waals surface area contributed by atoms with Crippen LogP contribution in [0.25, 0.3) is 11.4 Å². The molecule has 1 aromatic carbocycles. The Morgan fingerprint density at radius 1 is 1.29 bits per heavy atom. The van der Waals surface area contributed by atoms with Crippen LogP contribution in [0.4, 0.5) is 10.3 Å². The third kappa shape index (κ3) is 3.08. The summed E-state index contributed by atoms with van der Waals surface area (Å²) in [4.78, 5) is 6.70. The van der Waals surface area contributed by atoms with Crippen molar-refractivity contribution < 1.29 is 4.39 Å². The van der Waals surface area contributed by atoms with Gasteiger partial charge in [0.1, 0.15) is 5.82 Å². The van der Waals surface area contributed by atoms with Crippen LogP contribution in [0, 0.1) is 5.82 Å². The number of H-pyrrole nitrogens is 1. The first-order valence-electron chi connectivity index (χ1n) is 6.92. The van der Waals surface area contributed by atoms with Crippen LogP contribution >= 0.6 is 15.9 Å². The van der Waals surface area contributed by atoms with Crippen molar-refractivity contribution in [1.82, 2.24) is 20.5 Å². The summed E-state index contributed by atoms with van der Waals surface area (Å²) in [6, 6.07) is 5.32. The number of halogens is 2. The number of nitrogens with zero attached hydrogens (tertiary/aromatic N) is 3. The van der Waals surface area contributed by atoms with Gasteiger partial charge in [-0.25, -0.2) is 4.39 Å². The summed E-state index contributed by atoms with van der Waals surface area (Å²) in [6.45, 7) is 6.03. The lowest BCUT2D eigenvalue weighted by atomic mass is 10.1. The van der Waals surface area contributed by atoms with Crippen molar-refractivity contribution in [2.24, 2.45) is 0 Å². The molecule has 2 atom stereocenters. The molecule has 0 bridgehead atoms. The van der Waals surface area contributed by atoms with Crippen molar-refractivity contribution >= 4 is 21.9 Å². The second-order valence-electron chi connectivity index (χ2n) is 5.48. The fourth-order valence-corrected chi connectivity index (χ4v) is 3.23. The number of hydrogen-bond acceptors (Lipinski definition) is 4. The van der Waals surface area contributed by atoms with Gasteiger partial charge in [0.2, 0.25) is 5.95 Å². The van der Waals surface area contributed by atoms with E-state index < -0.39 is 0 Å². The zero-order valence-corrected chi connectivity index (χ0v) is 13.5. The Morgan fingerprint density at radius 2 is 2.00 bits per heavy atom. The smallest absolute Gasteiger partial charge is 0.245 e. The molecule has 7 heteroatoms. The van der Waals surface area contributed by atoms with Crippen LogP contribution in [0.5, 0.6) is 0 Å². The molecule has 2 aromatic rings. The van der Waals surface area contributed by atoms with Gasteiger partial charge in [-0.05, 0) is 48.0 Å². The van der Waals surface area contributed by atoms with Crippen LogP contribution < -0.4 is 10.2 Å². The van der Waals surface area contributed by atoms with Crippen molar-refractivity contribution in [3.8, 4) is 11.4 Å². The van der Waals surface area contributed by atoms with E-state index in [0.717, 1.165) is 18.7 Å². The number of nitrogens with one attached hydrogen (secondary N) is 2. The minimum Gasteiger partial charge on any atom is -0.336 e. The van der Waals surface area contributed by atoms with Gasteiger partial charge in [-0.2, -0.15) is 4.98 Å². The van der Waals surface area contributed by atoms with E-state index in [1.807, 2.05) is 0 Å². The highest BCUT2D eigenvalue weighted by molar-refractivity contribution is 9.10. The molecule has 21 heavy (non-hydrogen) atoms. The maximum Gasteiger partial charge on any atom is 0.245 e. The zero-order chi connectivity index (χ0) is 15.0. The summed E-state index contributed by atoms with van der Waals surface area (Å²) in [5, 5.41) is 10.7. The first-order chi connectivity index (χ1) is 10.0. The Bertz CT molecular complexity index is 634. The molecule has 1 saturated heterocycles. The van der Waals surface area contributed by atoms with E-state index in [1.165, 1.54) is 12.1 Å². The van der Waals surface area contributed by atoms with Gasteiger partial charge in [-0.1, -0.05) is 0 Å². The number of hydrogen-bond donors (Lipinski definition) is 2. The molecule has 0 aliphatic carbocycles. The van der Waals surface area contributed by atoms with E-state index in [9.17, 15) is 4.39 Å². The summed E-state index contributed by atoms with van der Waals surface area (Å²) < 4.78 is 13.8. The van der Waals surface area contributed by atoms with Gasteiger partial charge in [0.05, 0.1) is 0 Å². The highest BCUT2D eigenvalue weighted by Gasteiger charge is 2.24. The number of piperazine rings is 1. The number of aromatic amines is 1. The Balaban J connectivity index is 1.86. The van der Waals surface area contributed by atoms with Crippen molar-refractivity contribution in [1.29, 1.82) is 0 Å². The highest BCUT2D eigenvalue weighted by Crippen LogP contribution is 2.27. The normalized spacial score (nSPS) is 22.6. The molecule has 0 spiro atoms. The molecule has 0 radical (unpaired) electrons. The summed E-state index contributed by atoms with van der Waals surface area (Å²) in [5.41, 5.74) is 0.798. The fourth-order valence-electron chi connectivity index (χ4n) is 2.69. The predicted molar refractivity (Wildman–Crippen MR) is 83.7 cm³/mol. The van der Waals surface area contributed by atoms with E-state index in [1.54, 1.807) is 6.07 Å². The molecule has 3 rings (SSSR count). The van der Waals surface area contributed by atoms with Crippen LogP contribution in [-0.4, -0.2) is 40.4 Å². The van der Waals surface area contributed by atoms with Gasteiger partial charge in [0.25, 0.3) is 0 Å². The molecular formula is C14H17BrFN5. The molecule has 2 unspecified atom stereocenters. The van der Waals surface area contributed by atoms with E-state index in [4.69, 9.17) is 0 Å².